The lowest BCUT2D eigenvalue weighted by atomic mass is 9.97. The fourth-order valence-electron chi connectivity index (χ4n) is 4.75. The normalized spacial score (nSPS) is 19.4. The predicted molar refractivity (Wildman–Crippen MR) is 131 cm³/mol. The molecule has 8 nitrogen and oxygen atoms in total. The molecule has 0 saturated carbocycles. The number of nitrogens with one attached hydrogen (secondary N) is 1. The van der Waals surface area contributed by atoms with Gasteiger partial charge in [-0.15, -0.1) is 0 Å². The van der Waals surface area contributed by atoms with Crippen molar-refractivity contribution in [1.29, 1.82) is 0 Å². The number of thioether (sulfide) groups is 1. The van der Waals surface area contributed by atoms with Crippen molar-refractivity contribution in [2.24, 2.45) is 0 Å². The average Bonchev–Trinajstić information content (AvgIpc) is 3.42. The van der Waals surface area contributed by atoms with Crippen LogP contribution >= 0.6 is 11.8 Å². The highest BCUT2D eigenvalue weighted by Crippen LogP contribution is 2.34. The van der Waals surface area contributed by atoms with Gasteiger partial charge in [0, 0.05) is 23.8 Å². The van der Waals surface area contributed by atoms with Crippen LogP contribution in [0, 0.1) is 0 Å². The molecule has 1 saturated heterocycles. The molecule has 3 aromatic rings. The quantitative estimate of drug-likeness (QED) is 0.530. The highest BCUT2D eigenvalue weighted by molar-refractivity contribution is 7.99. The molecule has 0 aliphatic carbocycles. The fraction of sp³-hybridized carbons (Fsp3) is 0.400. The standard InChI is InChI=1S/C25H28N4O4S/c1-16-6-5-7-17(2)29(16)24(31)13-28-20-9-4-3-8-19(20)27-25(28)34-14-23(30)26-18-10-11-21-22(12-18)33-15-32-21/h3-4,8-12,16-17H,5-7,13-15H2,1-2H3,(H,26,30)/t16-,17+. The second-order valence-corrected chi connectivity index (χ2v) is 9.75. The van der Waals surface area contributed by atoms with Crippen LogP contribution in [-0.2, 0) is 16.1 Å². The molecule has 3 heterocycles. The number of benzene rings is 2. The first-order chi connectivity index (χ1) is 16.5. The summed E-state index contributed by atoms with van der Waals surface area (Å²) in [5.74, 6) is 1.39. The third-order valence-electron chi connectivity index (χ3n) is 6.38. The van der Waals surface area contributed by atoms with E-state index in [1.54, 1.807) is 18.2 Å². The number of ether oxygens (including phenoxy) is 2. The number of imidazole rings is 1. The Bertz CT molecular complexity index is 1220. The first kappa shape index (κ1) is 22.6. The number of nitrogens with zero attached hydrogens (tertiary/aromatic N) is 3. The summed E-state index contributed by atoms with van der Waals surface area (Å²) in [6.07, 6.45) is 3.21. The molecule has 1 N–H and O–H groups in total. The second kappa shape index (κ2) is 9.58. The van der Waals surface area contributed by atoms with Gasteiger partial charge in [0.05, 0.1) is 16.8 Å². The van der Waals surface area contributed by atoms with E-state index in [-0.39, 0.29) is 43.0 Å². The Labute approximate surface area is 202 Å². The molecule has 2 aliphatic heterocycles. The van der Waals surface area contributed by atoms with Crippen LogP contribution < -0.4 is 14.8 Å². The van der Waals surface area contributed by atoms with Crippen LogP contribution in [0.25, 0.3) is 11.0 Å². The topological polar surface area (TPSA) is 85.7 Å². The first-order valence-electron chi connectivity index (χ1n) is 11.6. The molecule has 2 amide bonds. The summed E-state index contributed by atoms with van der Waals surface area (Å²) in [5.41, 5.74) is 2.35. The van der Waals surface area contributed by atoms with E-state index >= 15 is 0 Å². The molecule has 2 aliphatic rings. The van der Waals surface area contributed by atoms with Gasteiger partial charge >= 0.3 is 0 Å². The first-order valence-corrected chi connectivity index (χ1v) is 12.6. The molecule has 0 radical (unpaired) electrons. The maximum absolute atomic E-state index is 13.3. The Morgan fingerprint density at radius 2 is 1.85 bits per heavy atom. The van der Waals surface area contributed by atoms with Gasteiger partial charge in [0.25, 0.3) is 0 Å². The van der Waals surface area contributed by atoms with Gasteiger partial charge in [-0.1, -0.05) is 23.9 Å². The van der Waals surface area contributed by atoms with Crippen LogP contribution in [0.3, 0.4) is 0 Å². The molecule has 0 unspecified atom stereocenters. The van der Waals surface area contributed by atoms with Gasteiger partial charge in [-0.05, 0) is 57.4 Å². The van der Waals surface area contributed by atoms with E-state index in [0.717, 1.165) is 30.3 Å². The van der Waals surface area contributed by atoms with E-state index in [1.165, 1.54) is 11.8 Å². The number of carbonyl (C=O) groups excluding carboxylic acids is 2. The summed E-state index contributed by atoms with van der Waals surface area (Å²) in [4.78, 5) is 32.7. The van der Waals surface area contributed by atoms with E-state index in [1.807, 2.05) is 33.7 Å². The lowest BCUT2D eigenvalue weighted by molar-refractivity contribution is -0.138. The van der Waals surface area contributed by atoms with Crippen LogP contribution in [-0.4, -0.2) is 50.9 Å². The SMILES string of the molecule is C[C@@H]1CCC[C@H](C)N1C(=O)Cn1c(SCC(=O)Nc2ccc3c(c2)OCO3)nc2ccccc21. The van der Waals surface area contributed by atoms with Crippen molar-refractivity contribution in [3.63, 3.8) is 0 Å². The van der Waals surface area contributed by atoms with Crippen molar-refractivity contribution in [3.05, 3.63) is 42.5 Å². The number of amides is 2. The highest BCUT2D eigenvalue weighted by Gasteiger charge is 2.29. The minimum atomic E-state index is -0.160. The number of hydrogen-bond donors (Lipinski definition) is 1. The number of piperidine rings is 1. The van der Waals surface area contributed by atoms with Crippen molar-refractivity contribution < 1.29 is 19.1 Å². The van der Waals surface area contributed by atoms with Crippen LogP contribution in [0.1, 0.15) is 33.1 Å². The number of aromatic nitrogens is 2. The van der Waals surface area contributed by atoms with E-state index < -0.39 is 0 Å². The molecule has 0 bridgehead atoms. The number of rotatable bonds is 6. The predicted octanol–water partition coefficient (Wildman–Crippen LogP) is 4.29. The molecule has 2 atom stereocenters. The van der Waals surface area contributed by atoms with E-state index in [9.17, 15) is 9.59 Å². The van der Waals surface area contributed by atoms with Gasteiger partial charge in [0.15, 0.2) is 16.7 Å². The molecule has 1 aromatic heterocycles. The van der Waals surface area contributed by atoms with Crippen molar-refractivity contribution in [2.45, 2.75) is 56.9 Å². The molecule has 34 heavy (non-hydrogen) atoms. The van der Waals surface area contributed by atoms with Crippen molar-refractivity contribution in [1.82, 2.24) is 14.5 Å². The Morgan fingerprint density at radius 1 is 1.09 bits per heavy atom. The molecule has 5 rings (SSSR count). The number of hydrogen-bond acceptors (Lipinski definition) is 6. The molecular formula is C25H28N4O4S. The Hall–Kier alpha value is -3.20. The molecule has 0 spiro atoms. The van der Waals surface area contributed by atoms with Crippen molar-refractivity contribution in [3.8, 4) is 11.5 Å². The summed E-state index contributed by atoms with van der Waals surface area (Å²) in [6, 6.07) is 13.5. The number of fused-ring (bicyclic) bond motifs is 2. The van der Waals surface area contributed by atoms with Crippen LogP contribution in [0.4, 0.5) is 5.69 Å². The summed E-state index contributed by atoms with van der Waals surface area (Å²) in [7, 11) is 0. The summed E-state index contributed by atoms with van der Waals surface area (Å²) in [5, 5.41) is 3.55. The molecule has 1 fully saturated rings. The zero-order valence-corrected chi connectivity index (χ0v) is 20.1. The molecule has 2 aromatic carbocycles. The zero-order chi connectivity index (χ0) is 23.7. The lowest BCUT2D eigenvalue weighted by Crippen LogP contribution is -2.48. The number of para-hydroxylation sites is 2. The van der Waals surface area contributed by atoms with Gasteiger partial charge in [0.2, 0.25) is 18.6 Å². The summed E-state index contributed by atoms with van der Waals surface area (Å²) in [6.45, 7) is 4.64. The van der Waals surface area contributed by atoms with Gasteiger partial charge in [-0.25, -0.2) is 4.98 Å². The monoisotopic (exact) mass is 480 g/mol. The van der Waals surface area contributed by atoms with Crippen LogP contribution in [0.15, 0.2) is 47.6 Å². The Kier molecular flexibility index (Phi) is 6.36. The minimum absolute atomic E-state index is 0.0921. The molecule has 9 heteroatoms. The smallest absolute Gasteiger partial charge is 0.243 e. The van der Waals surface area contributed by atoms with E-state index in [2.05, 4.69) is 19.2 Å². The molecular weight excluding hydrogens is 452 g/mol. The van der Waals surface area contributed by atoms with Gasteiger partial charge in [0.1, 0.15) is 6.54 Å². The third kappa shape index (κ3) is 4.57. The number of carbonyl (C=O) groups is 2. The van der Waals surface area contributed by atoms with Crippen molar-refractivity contribution in [2.75, 3.05) is 17.9 Å². The van der Waals surface area contributed by atoms with Crippen molar-refractivity contribution >= 4 is 40.3 Å². The van der Waals surface area contributed by atoms with Crippen LogP contribution in [0.5, 0.6) is 11.5 Å². The fourth-order valence-corrected chi connectivity index (χ4v) is 5.56. The summed E-state index contributed by atoms with van der Waals surface area (Å²) >= 11 is 1.33. The Morgan fingerprint density at radius 3 is 2.68 bits per heavy atom. The van der Waals surface area contributed by atoms with E-state index in [4.69, 9.17) is 14.5 Å². The number of anilines is 1. The van der Waals surface area contributed by atoms with Gasteiger partial charge in [-0.3, -0.25) is 9.59 Å². The molecule has 178 valence electrons. The largest absolute Gasteiger partial charge is 0.454 e. The third-order valence-corrected chi connectivity index (χ3v) is 7.36. The lowest BCUT2D eigenvalue weighted by Gasteiger charge is -2.39. The highest BCUT2D eigenvalue weighted by atomic mass is 32.2. The van der Waals surface area contributed by atoms with Gasteiger partial charge in [-0.2, -0.15) is 0 Å². The zero-order valence-electron chi connectivity index (χ0n) is 19.3. The average molecular weight is 481 g/mol. The second-order valence-electron chi connectivity index (χ2n) is 8.80. The maximum Gasteiger partial charge on any atom is 0.243 e. The Balaban J connectivity index is 1.30. The van der Waals surface area contributed by atoms with Gasteiger partial charge < -0.3 is 24.3 Å². The van der Waals surface area contributed by atoms with Crippen LogP contribution in [0.2, 0.25) is 0 Å². The maximum atomic E-state index is 13.3. The minimum Gasteiger partial charge on any atom is -0.454 e. The number of likely N-dealkylation sites (tertiary alicyclic amines) is 1. The van der Waals surface area contributed by atoms with E-state index in [0.29, 0.717) is 22.3 Å². The summed E-state index contributed by atoms with van der Waals surface area (Å²) < 4.78 is 12.6.